The van der Waals surface area contributed by atoms with Crippen LogP contribution in [0.15, 0.2) is 28.7 Å². The Bertz CT molecular complexity index is 323. The van der Waals surface area contributed by atoms with Crippen molar-refractivity contribution in [1.29, 1.82) is 0 Å². The van der Waals surface area contributed by atoms with Crippen LogP contribution in [-0.4, -0.2) is 12.1 Å². The minimum atomic E-state index is 0.296. The summed E-state index contributed by atoms with van der Waals surface area (Å²) >= 11 is 3.48. The first-order valence-corrected chi connectivity index (χ1v) is 6.97. The second-order valence-corrected chi connectivity index (χ2v) is 6.02. The molecule has 1 aromatic carbocycles. The highest BCUT2D eigenvalue weighted by Crippen LogP contribution is 2.23. The monoisotopic (exact) mass is 281 g/mol. The average molecular weight is 282 g/mol. The van der Waals surface area contributed by atoms with Crippen molar-refractivity contribution >= 4 is 15.9 Å². The standard InChI is InChI=1S/C14H20BrN/c1-14(9-3-2-4-10-16-14)11-12-5-7-13(15)8-6-12/h5-8,16H,2-4,9-11H2,1H3. The summed E-state index contributed by atoms with van der Waals surface area (Å²) in [6.45, 7) is 3.54. The maximum atomic E-state index is 3.71. The maximum absolute atomic E-state index is 3.71. The van der Waals surface area contributed by atoms with Crippen molar-refractivity contribution in [3.8, 4) is 0 Å². The minimum absolute atomic E-state index is 0.296. The molecule has 0 radical (unpaired) electrons. The lowest BCUT2D eigenvalue weighted by Gasteiger charge is -2.29. The number of hydrogen-bond acceptors (Lipinski definition) is 1. The van der Waals surface area contributed by atoms with Crippen molar-refractivity contribution in [1.82, 2.24) is 5.32 Å². The zero-order valence-corrected chi connectivity index (χ0v) is 11.5. The molecule has 0 saturated carbocycles. The molecule has 0 spiro atoms. The van der Waals surface area contributed by atoms with Crippen molar-refractivity contribution in [3.63, 3.8) is 0 Å². The molecule has 0 bridgehead atoms. The van der Waals surface area contributed by atoms with Crippen LogP contribution in [0.5, 0.6) is 0 Å². The predicted molar refractivity (Wildman–Crippen MR) is 72.7 cm³/mol. The van der Waals surface area contributed by atoms with E-state index < -0.39 is 0 Å². The summed E-state index contributed by atoms with van der Waals surface area (Å²) in [5.74, 6) is 0. The molecule has 1 heterocycles. The molecule has 0 aromatic heterocycles. The van der Waals surface area contributed by atoms with E-state index in [0.29, 0.717) is 5.54 Å². The van der Waals surface area contributed by atoms with Gasteiger partial charge in [0.05, 0.1) is 0 Å². The van der Waals surface area contributed by atoms with Gasteiger partial charge in [-0.2, -0.15) is 0 Å². The fraction of sp³-hybridized carbons (Fsp3) is 0.571. The molecule has 1 nitrogen and oxygen atoms in total. The summed E-state index contributed by atoms with van der Waals surface area (Å²) in [5.41, 5.74) is 1.73. The molecule has 2 heteroatoms. The summed E-state index contributed by atoms with van der Waals surface area (Å²) in [6.07, 6.45) is 6.50. The van der Waals surface area contributed by atoms with Crippen LogP contribution in [0, 0.1) is 0 Å². The molecular weight excluding hydrogens is 262 g/mol. The van der Waals surface area contributed by atoms with Crippen LogP contribution in [0.25, 0.3) is 0 Å². The highest BCUT2D eigenvalue weighted by Gasteiger charge is 2.24. The van der Waals surface area contributed by atoms with E-state index in [9.17, 15) is 0 Å². The molecule has 1 saturated heterocycles. The second kappa shape index (κ2) is 5.33. The van der Waals surface area contributed by atoms with E-state index in [-0.39, 0.29) is 0 Å². The highest BCUT2D eigenvalue weighted by molar-refractivity contribution is 9.10. The highest BCUT2D eigenvalue weighted by atomic mass is 79.9. The van der Waals surface area contributed by atoms with E-state index in [0.717, 1.165) is 10.9 Å². The largest absolute Gasteiger partial charge is 0.311 e. The van der Waals surface area contributed by atoms with Crippen molar-refractivity contribution < 1.29 is 0 Å². The number of nitrogens with one attached hydrogen (secondary N) is 1. The van der Waals surface area contributed by atoms with Gasteiger partial charge in [0.25, 0.3) is 0 Å². The van der Waals surface area contributed by atoms with Gasteiger partial charge in [0.1, 0.15) is 0 Å². The van der Waals surface area contributed by atoms with Crippen LogP contribution in [0.2, 0.25) is 0 Å². The van der Waals surface area contributed by atoms with Crippen LogP contribution in [0.4, 0.5) is 0 Å². The van der Waals surface area contributed by atoms with Gasteiger partial charge in [0.15, 0.2) is 0 Å². The van der Waals surface area contributed by atoms with Crippen molar-refractivity contribution in [2.24, 2.45) is 0 Å². The van der Waals surface area contributed by atoms with E-state index in [1.807, 2.05) is 0 Å². The first-order chi connectivity index (χ1) is 7.68. The Kier molecular flexibility index (Phi) is 4.04. The molecule has 1 aliphatic rings. The zero-order valence-electron chi connectivity index (χ0n) is 9.93. The fourth-order valence-electron chi connectivity index (χ4n) is 2.50. The molecule has 1 atom stereocenters. The second-order valence-electron chi connectivity index (χ2n) is 5.10. The summed E-state index contributed by atoms with van der Waals surface area (Å²) in [4.78, 5) is 0. The zero-order chi connectivity index (χ0) is 11.4. The quantitative estimate of drug-likeness (QED) is 0.867. The van der Waals surface area contributed by atoms with Gasteiger partial charge in [-0.3, -0.25) is 0 Å². The molecule has 0 aliphatic carbocycles. The third-order valence-corrected chi connectivity index (χ3v) is 3.99. The number of rotatable bonds is 2. The van der Waals surface area contributed by atoms with Gasteiger partial charge in [0.2, 0.25) is 0 Å². The fourth-order valence-corrected chi connectivity index (χ4v) is 2.76. The van der Waals surface area contributed by atoms with Crippen LogP contribution < -0.4 is 5.32 Å². The molecular formula is C14H20BrN. The Balaban J connectivity index is 2.04. The molecule has 0 amide bonds. The average Bonchev–Trinajstić information content (AvgIpc) is 2.47. The number of halogens is 1. The van der Waals surface area contributed by atoms with Gasteiger partial charge in [-0.15, -0.1) is 0 Å². The normalized spacial score (nSPS) is 26.4. The Morgan fingerprint density at radius 3 is 2.69 bits per heavy atom. The third kappa shape index (κ3) is 3.33. The topological polar surface area (TPSA) is 12.0 Å². The molecule has 88 valence electrons. The van der Waals surface area contributed by atoms with Crippen LogP contribution in [0.3, 0.4) is 0 Å². The lowest BCUT2D eigenvalue weighted by atomic mass is 9.88. The van der Waals surface area contributed by atoms with Crippen LogP contribution in [-0.2, 0) is 6.42 Å². The lowest BCUT2D eigenvalue weighted by molar-refractivity contribution is 0.345. The minimum Gasteiger partial charge on any atom is -0.311 e. The van der Waals surface area contributed by atoms with E-state index in [1.165, 1.54) is 37.8 Å². The number of hydrogen-bond donors (Lipinski definition) is 1. The van der Waals surface area contributed by atoms with Crippen LogP contribution >= 0.6 is 15.9 Å². The van der Waals surface area contributed by atoms with Gasteiger partial charge in [0, 0.05) is 10.0 Å². The smallest absolute Gasteiger partial charge is 0.0193 e. The first-order valence-electron chi connectivity index (χ1n) is 6.17. The predicted octanol–water partition coefficient (Wildman–Crippen LogP) is 3.91. The first kappa shape index (κ1) is 12.1. The number of benzene rings is 1. The molecule has 16 heavy (non-hydrogen) atoms. The summed E-state index contributed by atoms with van der Waals surface area (Å²) < 4.78 is 1.16. The Morgan fingerprint density at radius 1 is 1.19 bits per heavy atom. The molecule has 1 aromatic rings. The Labute approximate surface area is 107 Å². The van der Waals surface area contributed by atoms with E-state index in [1.54, 1.807) is 0 Å². The van der Waals surface area contributed by atoms with Gasteiger partial charge in [-0.25, -0.2) is 0 Å². The Morgan fingerprint density at radius 2 is 1.94 bits per heavy atom. The van der Waals surface area contributed by atoms with E-state index in [2.05, 4.69) is 52.4 Å². The molecule has 1 unspecified atom stereocenters. The molecule has 1 aliphatic heterocycles. The maximum Gasteiger partial charge on any atom is 0.0193 e. The van der Waals surface area contributed by atoms with Gasteiger partial charge in [-0.05, 0) is 50.4 Å². The summed E-state index contributed by atoms with van der Waals surface area (Å²) in [7, 11) is 0. The third-order valence-electron chi connectivity index (χ3n) is 3.46. The Hall–Kier alpha value is -0.340. The SMILES string of the molecule is CC1(Cc2ccc(Br)cc2)CCCCCN1. The van der Waals surface area contributed by atoms with Crippen molar-refractivity contribution in [2.75, 3.05) is 6.54 Å². The van der Waals surface area contributed by atoms with Gasteiger partial charge < -0.3 is 5.32 Å². The van der Waals surface area contributed by atoms with Crippen molar-refractivity contribution in [2.45, 2.75) is 44.6 Å². The van der Waals surface area contributed by atoms with Crippen LogP contribution in [0.1, 0.15) is 38.2 Å². The molecule has 1 N–H and O–H groups in total. The summed E-state index contributed by atoms with van der Waals surface area (Å²) in [6, 6.07) is 8.72. The summed E-state index contributed by atoms with van der Waals surface area (Å²) in [5, 5.41) is 3.71. The lowest BCUT2D eigenvalue weighted by Crippen LogP contribution is -2.43. The van der Waals surface area contributed by atoms with Gasteiger partial charge >= 0.3 is 0 Å². The van der Waals surface area contributed by atoms with Gasteiger partial charge in [-0.1, -0.05) is 40.9 Å². The molecule has 2 rings (SSSR count). The van der Waals surface area contributed by atoms with Crippen molar-refractivity contribution in [3.05, 3.63) is 34.3 Å². The van der Waals surface area contributed by atoms with E-state index in [4.69, 9.17) is 0 Å². The molecule has 1 fully saturated rings. The van der Waals surface area contributed by atoms with E-state index >= 15 is 0 Å².